The molecule has 1 aliphatic rings. The minimum atomic E-state index is 0.189. The lowest BCUT2D eigenvalue weighted by Crippen LogP contribution is -2.53. The number of hydrogen-bond donors (Lipinski definition) is 1. The molecule has 1 unspecified atom stereocenters. The second kappa shape index (κ2) is 6.18. The summed E-state index contributed by atoms with van der Waals surface area (Å²) in [6, 6.07) is 2.29. The van der Waals surface area contributed by atoms with Crippen LogP contribution in [0.4, 0.5) is 0 Å². The minimum absolute atomic E-state index is 0.189. The van der Waals surface area contributed by atoms with Crippen molar-refractivity contribution >= 4 is 11.3 Å². The molecule has 0 saturated heterocycles. The van der Waals surface area contributed by atoms with E-state index in [9.17, 15) is 0 Å². The normalized spacial score (nSPS) is 19.5. The van der Waals surface area contributed by atoms with Gasteiger partial charge in [-0.1, -0.05) is 26.2 Å². The molecule has 2 heterocycles. The van der Waals surface area contributed by atoms with E-state index in [0.717, 1.165) is 13.1 Å². The zero-order valence-electron chi connectivity index (χ0n) is 11.7. The van der Waals surface area contributed by atoms with Crippen molar-refractivity contribution in [1.29, 1.82) is 0 Å². The van der Waals surface area contributed by atoms with Crippen molar-refractivity contribution in [3.05, 3.63) is 21.9 Å². The lowest BCUT2D eigenvalue weighted by molar-refractivity contribution is 0.0849. The standard InChI is InChI=1S/C15H26N2S/c1-3-4-5-8-15(2,12-16)17-9-6-14-13(11-17)7-10-18-14/h7,10H,3-6,8-9,11-12,16H2,1-2H3. The van der Waals surface area contributed by atoms with Crippen LogP contribution in [-0.2, 0) is 13.0 Å². The van der Waals surface area contributed by atoms with Gasteiger partial charge in [-0.25, -0.2) is 0 Å². The first kappa shape index (κ1) is 14.0. The van der Waals surface area contributed by atoms with Gasteiger partial charge in [0.1, 0.15) is 0 Å². The fourth-order valence-electron chi connectivity index (χ4n) is 2.85. The lowest BCUT2D eigenvalue weighted by atomic mass is 9.90. The van der Waals surface area contributed by atoms with Gasteiger partial charge in [0, 0.05) is 30.1 Å². The fraction of sp³-hybridized carbons (Fsp3) is 0.733. The number of fused-ring (bicyclic) bond motifs is 1. The molecule has 0 saturated carbocycles. The second-order valence-electron chi connectivity index (χ2n) is 5.70. The third-order valence-corrected chi connectivity index (χ3v) is 5.35. The number of hydrogen-bond acceptors (Lipinski definition) is 3. The number of unbranched alkanes of at least 4 members (excludes halogenated alkanes) is 2. The van der Waals surface area contributed by atoms with Gasteiger partial charge in [-0.2, -0.15) is 0 Å². The fourth-order valence-corrected chi connectivity index (χ4v) is 3.74. The largest absolute Gasteiger partial charge is 0.329 e. The molecule has 2 N–H and O–H groups in total. The molecule has 0 bridgehead atoms. The van der Waals surface area contributed by atoms with E-state index in [2.05, 4.69) is 30.2 Å². The molecule has 1 aliphatic heterocycles. The highest BCUT2D eigenvalue weighted by Crippen LogP contribution is 2.30. The lowest BCUT2D eigenvalue weighted by Gasteiger charge is -2.43. The summed E-state index contributed by atoms with van der Waals surface area (Å²) >= 11 is 1.91. The van der Waals surface area contributed by atoms with Gasteiger partial charge in [0.2, 0.25) is 0 Å². The number of rotatable bonds is 6. The summed E-state index contributed by atoms with van der Waals surface area (Å²) < 4.78 is 0. The Kier molecular flexibility index (Phi) is 4.82. The van der Waals surface area contributed by atoms with Crippen molar-refractivity contribution < 1.29 is 0 Å². The van der Waals surface area contributed by atoms with Gasteiger partial charge in [0.25, 0.3) is 0 Å². The molecule has 0 aromatic carbocycles. The van der Waals surface area contributed by atoms with Gasteiger partial charge in [-0.05, 0) is 36.8 Å². The summed E-state index contributed by atoms with van der Waals surface area (Å²) in [6.45, 7) is 7.65. The van der Waals surface area contributed by atoms with Gasteiger partial charge >= 0.3 is 0 Å². The van der Waals surface area contributed by atoms with Crippen molar-refractivity contribution in [2.45, 2.75) is 58.0 Å². The van der Waals surface area contributed by atoms with Crippen LogP contribution in [0.2, 0.25) is 0 Å². The Morgan fingerprint density at radius 1 is 1.44 bits per heavy atom. The quantitative estimate of drug-likeness (QED) is 0.800. The maximum Gasteiger partial charge on any atom is 0.0307 e. The van der Waals surface area contributed by atoms with Crippen LogP contribution in [-0.4, -0.2) is 23.5 Å². The van der Waals surface area contributed by atoms with Crippen LogP contribution in [0.3, 0.4) is 0 Å². The van der Waals surface area contributed by atoms with Gasteiger partial charge < -0.3 is 5.73 Å². The molecule has 2 rings (SSSR count). The van der Waals surface area contributed by atoms with Crippen LogP contribution in [0, 0.1) is 0 Å². The first-order valence-corrected chi connectivity index (χ1v) is 8.08. The Morgan fingerprint density at radius 2 is 2.28 bits per heavy atom. The predicted octanol–water partition coefficient (Wildman–Crippen LogP) is 3.40. The average Bonchev–Trinajstić information content (AvgIpc) is 2.86. The van der Waals surface area contributed by atoms with Gasteiger partial charge in [-0.15, -0.1) is 11.3 Å². The number of nitrogens with zero attached hydrogens (tertiary/aromatic N) is 1. The Morgan fingerprint density at radius 3 is 3.00 bits per heavy atom. The van der Waals surface area contributed by atoms with Gasteiger partial charge in [-0.3, -0.25) is 4.90 Å². The van der Waals surface area contributed by atoms with E-state index >= 15 is 0 Å². The highest BCUT2D eigenvalue weighted by atomic mass is 32.1. The molecule has 0 radical (unpaired) electrons. The van der Waals surface area contributed by atoms with E-state index in [1.807, 2.05) is 11.3 Å². The topological polar surface area (TPSA) is 29.3 Å². The van der Waals surface area contributed by atoms with Crippen molar-refractivity contribution in [1.82, 2.24) is 4.90 Å². The van der Waals surface area contributed by atoms with Crippen LogP contribution >= 0.6 is 11.3 Å². The van der Waals surface area contributed by atoms with Gasteiger partial charge in [0.05, 0.1) is 0 Å². The highest BCUT2D eigenvalue weighted by molar-refractivity contribution is 7.10. The third kappa shape index (κ3) is 2.95. The Labute approximate surface area is 115 Å². The van der Waals surface area contributed by atoms with E-state index in [0.29, 0.717) is 0 Å². The van der Waals surface area contributed by atoms with Crippen molar-refractivity contribution in [3.8, 4) is 0 Å². The molecule has 1 aromatic rings. The number of nitrogens with two attached hydrogens (primary N) is 1. The molecule has 1 aromatic heterocycles. The first-order chi connectivity index (χ1) is 8.69. The van der Waals surface area contributed by atoms with E-state index in [1.165, 1.54) is 44.2 Å². The van der Waals surface area contributed by atoms with E-state index in [4.69, 9.17) is 5.73 Å². The third-order valence-electron chi connectivity index (χ3n) is 4.33. The zero-order valence-corrected chi connectivity index (χ0v) is 12.6. The summed E-state index contributed by atoms with van der Waals surface area (Å²) in [4.78, 5) is 4.19. The molecule has 3 heteroatoms. The van der Waals surface area contributed by atoms with Crippen molar-refractivity contribution in [3.63, 3.8) is 0 Å². The SMILES string of the molecule is CCCCCC(C)(CN)N1CCc2sccc2C1. The molecule has 0 amide bonds. The van der Waals surface area contributed by atoms with Crippen LogP contribution in [0.5, 0.6) is 0 Å². The van der Waals surface area contributed by atoms with E-state index < -0.39 is 0 Å². The molecule has 0 fully saturated rings. The van der Waals surface area contributed by atoms with Crippen LogP contribution < -0.4 is 5.73 Å². The van der Waals surface area contributed by atoms with Crippen LogP contribution in [0.15, 0.2) is 11.4 Å². The van der Waals surface area contributed by atoms with Crippen molar-refractivity contribution in [2.75, 3.05) is 13.1 Å². The van der Waals surface area contributed by atoms with Crippen LogP contribution in [0.25, 0.3) is 0 Å². The summed E-state index contributed by atoms with van der Waals surface area (Å²) in [6.07, 6.45) is 6.35. The average molecular weight is 266 g/mol. The maximum atomic E-state index is 6.08. The van der Waals surface area contributed by atoms with Gasteiger partial charge in [0.15, 0.2) is 0 Å². The monoisotopic (exact) mass is 266 g/mol. The van der Waals surface area contributed by atoms with E-state index in [1.54, 1.807) is 4.88 Å². The molecule has 18 heavy (non-hydrogen) atoms. The molecule has 0 aliphatic carbocycles. The summed E-state index contributed by atoms with van der Waals surface area (Å²) in [5, 5.41) is 2.23. The Hall–Kier alpha value is -0.380. The molecule has 2 nitrogen and oxygen atoms in total. The minimum Gasteiger partial charge on any atom is -0.329 e. The Balaban J connectivity index is 2.00. The Bertz CT molecular complexity index is 374. The van der Waals surface area contributed by atoms with E-state index in [-0.39, 0.29) is 5.54 Å². The maximum absolute atomic E-state index is 6.08. The smallest absolute Gasteiger partial charge is 0.0307 e. The summed E-state index contributed by atoms with van der Waals surface area (Å²) in [7, 11) is 0. The molecule has 1 atom stereocenters. The highest BCUT2D eigenvalue weighted by Gasteiger charge is 2.32. The van der Waals surface area contributed by atoms with Crippen LogP contribution in [0.1, 0.15) is 50.0 Å². The number of thiophene rings is 1. The predicted molar refractivity (Wildman–Crippen MR) is 80.0 cm³/mol. The second-order valence-corrected chi connectivity index (χ2v) is 6.70. The molecular weight excluding hydrogens is 240 g/mol. The first-order valence-electron chi connectivity index (χ1n) is 7.20. The summed E-state index contributed by atoms with van der Waals surface area (Å²) in [5.74, 6) is 0. The zero-order chi connectivity index (χ0) is 13.0. The molecule has 102 valence electrons. The summed E-state index contributed by atoms with van der Waals surface area (Å²) in [5.41, 5.74) is 7.79. The molecule has 0 spiro atoms. The van der Waals surface area contributed by atoms with Crippen molar-refractivity contribution in [2.24, 2.45) is 5.73 Å². The molecular formula is C15H26N2S.